The van der Waals surface area contributed by atoms with Crippen LogP contribution in [0.25, 0.3) is 0 Å². The Kier molecular flexibility index (Phi) is 11.1. The Labute approximate surface area is 137 Å². The lowest BCUT2D eigenvalue weighted by Gasteiger charge is -2.22. The molecule has 0 fully saturated rings. The lowest BCUT2D eigenvalue weighted by molar-refractivity contribution is 0.673. The van der Waals surface area contributed by atoms with Gasteiger partial charge in [0.2, 0.25) is 0 Å². The fraction of sp³-hybridized carbons (Fsp3) is 0.800. The van der Waals surface area contributed by atoms with Crippen LogP contribution in [-0.2, 0) is 0 Å². The number of thioether (sulfide) groups is 1. The van der Waals surface area contributed by atoms with Crippen molar-refractivity contribution in [2.45, 2.75) is 97.8 Å². The van der Waals surface area contributed by atoms with E-state index in [2.05, 4.69) is 37.9 Å². The Morgan fingerprint density at radius 1 is 0.762 bits per heavy atom. The standard InChI is InChI=1S/C20H36S/c1-4-7-10-13-18-16-21-17-19(14-11-8-5-2)20(18)15-12-9-6-3/h16H,4-15,17H2,1-3H3. The molecule has 0 aromatic heterocycles. The Bertz CT molecular complexity index is 325. The van der Waals surface area contributed by atoms with Gasteiger partial charge in [-0.25, -0.2) is 0 Å². The minimum Gasteiger partial charge on any atom is -0.129 e. The Morgan fingerprint density at radius 3 is 1.95 bits per heavy atom. The fourth-order valence-corrected chi connectivity index (χ4v) is 4.17. The van der Waals surface area contributed by atoms with E-state index in [0.717, 1.165) is 0 Å². The molecule has 1 aliphatic rings. The average molecular weight is 309 g/mol. The molecule has 0 amide bonds. The molecule has 0 saturated carbocycles. The van der Waals surface area contributed by atoms with Crippen molar-refractivity contribution >= 4 is 11.8 Å². The molecule has 0 aliphatic carbocycles. The predicted octanol–water partition coefficient (Wildman–Crippen LogP) is 7.65. The zero-order valence-corrected chi connectivity index (χ0v) is 15.5. The van der Waals surface area contributed by atoms with Crippen LogP contribution < -0.4 is 0 Å². The number of unbranched alkanes of at least 4 members (excludes halogenated alkanes) is 6. The van der Waals surface area contributed by atoms with Crippen LogP contribution in [0.15, 0.2) is 22.1 Å². The largest absolute Gasteiger partial charge is 0.129 e. The summed E-state index contributed by atoms with van der Waals surface area (Å²) in [5.41, 5.74) is 5.26. The summed E-state index contributed by atoms with van der Waals surface area (Å²) in [4.78, 5) is 0. The van der Waals surface area contributed by atoms with E-state index >= 15 is 0 Å². The molecule has 0 nitrogen and oxygen atoms in total. The van der Waals surface area contributed by atoms with E-state index in [4.69, 9.17) is 0 Å². The monoisotopic (exact) mass is 308 g/mol. The molecular formula is C20H36S. The summed E-state index contributed by atoms with van der Waals surface area (Å²) >= 11 is 2.05. The van der Waals surface area contributed by atoms with Crippen LogP contribution in [0, 0.1) is 0 Å². The summed E-state index contributed by atoms with van der Waals surface area (Å²) in [5.74, 6) is 1.27. The number of hydrogen-bond donors (Lipinski definition) is 0. The van der Waals surface area contributed by atoms with Crippen molar-refractivity contribution in [2.75, 3.05) is 5.75 Å². The van der Waals surface area contributed by atoms with Gasteiger partial charge in [0, 0.05) is 5.75 Å². The van der Waals surface area contributed by atoms with Crippen molar-refractivity contribution in [1.82, 2.24) is 0 Å². The second-order valence-electron chi connectivity index (χ2n) is 6.41. The van der Waals surface area contributed by atoms with Gasteiger partial charge in [-0.3, -0.25) is 0 Å². The van der Waals surface area contributed by atoms with Gasteiger partial charge in [-0.2, -0.15) is 0 Å². The van der Waals surface area contributed by atoms with Gasteiger partial charge >= 0.3 is 0 Å². The minimum absolute atomic E-state index is 1.27. The van der Waals surface area contributed by atoms with Gasteiger partial charge in [-0.1, -0.05) is 64.9 Å². The van der Waals surface area contributed by atoms with Crippen molar-refractivity contribution in [1.29, 1.82) is 0 Å². The third-order valence-electron chi connectivity index (χ3n) is 4.46. The maximum atomic E-state index is 2.49. The van der Waals surface area contributed by atoms with Crippen molar-refractivity contribution in [3.63, 3.8) is 0 Å². The molecule has 0 saturated heterocycles. The Morgan fingerprint density at radius 2 is 1.33 bits per heavy atom. The molecule has 122 valence electrons. The summed E-state index contributed by atoms with van der Waals surface area (Å²) in [7, 11) is 0. The number of rotatable bonds is 12. The predicted molar refractivity (Wildman–Crippen MR) is 100.0 cm³/mol. The van der Waals surface area contributed by atoms with Crippen LogP contribution >= 0.6 is 11.8 Å². The first-order valence-corrected chi connectivity index (χ1v) is 10.4. The summed E-state index contributed by atoms with van der Waals surface area (Å²) in [5, 5.41) is 2.49. The maximum absolute atomic E-state index is 2.49. The molecule has 0 aromatic rings. The Hall–Kier alpha value is -0.170. The van der Waals surface area contributed by atoms with Crippen LogP contribution in [0.5, 0.6) is 0 Å². The van der Waals surface area contributed by atoms with Crippen LogP contribution in [0.3, 0.4) is 0 Å². The highest BCUT2D eigenvalue weighted by Crippen LogP contribution is 2.36. The lowest BCUT2D eigenvalue weighted by atomic mass is 9.90. The SMILES string of the molecule is CCCCCC1=CSCC(CCCCC)=C1CCCCC. The average Bonchev–Trinajstić information content (AvgIpc) is 2.50. The molecule has 0 aromatic carbocycles. The number of hydrogen-bond acceptors (Lipinski definition) is 1. The summed E-state index contributed by atoms with van der Waals surface area (Å²) in [6.07, 6.45) is 16.3. The van der Waals surface area contributed by atoms with Crippen LogP contribution in [0.2, 0.25) is 0 Å². The third kappa shape index (κ3) is 7.58. The molecule has 1 heterocycles. The topological polar surface area (TPSA) is 0 Å². The first kappa shape index (κ1) is 18.9. The fourth-order valence-electron chi connectivity index (χ4n) is 3.10. The van der Waals surface area contributed by atoms with Crippen molar-refractivity contribution in [3.05, 3.63) is 22.1 Å². The van der Waals surface area contributed by atoms with E-state index in [1.165, 1.54) is 82.8 Å². The van der Waals surface area contributed by atoms with Crippen molar-refractivity contribution in [2.24, 2.45) is 0 Å². The molecule has 1 rings (SSSR count). The molecule has 0 atom stereocenters. The van der Waals surface area contributed by atoms with E-state index in [0.29, 0.717) is 0 Å². The van der Waals surface area contributed by atoms with Crippen molar-refractivity contribution in [3.8, 4) is 0 Å². The first-order valence-electron chi connectivity index (χ1n) is 9.35. The van der Waals surface area contributed by atoms with E-state index in [-0.39, 0.29) is 0 Å². The highest BCUT2D eigenvalue weighted by Gasteiger charge is 2.15. The zero-order chi connectivity index (χ0) is 15.3. The van der Waals surface area contributed by atoms with E-state index in [1.807, 2.05) is 0 Å². The normalized spacial score (nSPS) is 15.5. The summed E-state index contributed by atoms with van der Waals surface area (Å²) in [6, 6.07) is 0. The van der Waals surface area contributed by atoms with Crippen molar-refractivity contribution < 1.29 is 0 Å². The van der Waals surface area contributed by atoms with E-state index in [9.17, 15) is 0 Å². The highest BCUT2D eigenvalue weighted by atomic mass is 32.2. The van der Waals surface area contributed by atoms with Gasteiger partial charge in [0.25, 0.3) is 0 Å². The second-order valence-corrected chi connectivity index (χ2v) is 7.27. The maximum Gasteiger partial charge on any atom is 0.0190 e. The lowest BCUT2D eigenvalue weighted by Crippen LogP contribution is -2.04. The van der Waals surface area contributed by atoms with Crippen LogP contribution in [-0.4, -0.2) is 5.75 Å². The van der Waals surface area contributed by atoms with Crippen LogP contribution in [0.1, 0.15) is 97.8 Å². The van der Waals surface area contributed by atoms with E-state index in [1.54, 1.807) is 16.7 Å². The smallest absolute Gasteiger partial charge is 0.0190 e. The van der Waals surface area contributed by atoms with Gasteiger partial charge in [0.1, 0.15) is 0 Å². The second kappa shape index (κ2) is 12.4. The van der Waals surface area contributed by atoms with Gasteiger partial charge in [-0.05, 0) is 55.1 Å². The summed E-state index contributed by atoms with van der Waals surface area (Å²) < 4.78 is 0. The summed E-state index contributed by atoms with van der Waals surface area (Å²) in [6.45, 7) is 6.92. The molecule has 0 unspecified atom stereocenters. The minimum atomic E-state index is 1.27. The molecule has 0 N–H and O–H groups in total. The molecule has 1 heteroatoms. The molecule has 0 bridgehead atoms. The molecule has 0 spiro atoms. The van der Waals surface area contributed by atoms with Gasteiger partial charge in [0.15, 0.2) is 0 Å². The molecule has 21 heavy (non-hydrogen) atoms. The van der Waals surface area contributed by atoms with Gasteiger partial charge in [0.05, 0.1) is 0 Å². The van der Waals surface area contributed by atoms with E-state index < -0.39 is 0 Å². The first-order chi connectivity index (χ1) is 10.3. The zero-order valence-electron chi connectivity index (χ0n) is 14.7. The van der Waals surface area contributed by atoms with Gasteiger partial charge in [-0.15, -0.1) is 11.8 Å². The third-order valence-corrected chi connectivity index (χ3v) is 5.43. The van der Waals surface area contributed by atoms with Crippen LogP contribution in [0.4, 0.5) is 0 Å². The highest BCUT2D eigenvalue weighted by molar-refractivity contribution is 8.02. The van der Waals surface area contributed by atoms with Gasteiger partial charge < -0.3 is 0 Å². The molecule has 0 radical (unpaired) electrons. The quantitative estimate of drug-likeness (QED) is 0.333. The molecule has 1 aliphatic heterocycles. The molecular weight excluding hydrogens is 272 g/mol. The number of allylic oxidation sites excluding steroid dienone is 2. The Balaban J connectivity index is 2.65.